The number of aromatic nitrogens is 3. The zero-order valence-electron chi connectivity index (χ0n) is 12.5. The topological polar surface area (TPSA) is 52.0 Å². The minimum Gasteiger partial charge on any atom is -0.381 e. The van der Waals surface area contributed by atoms with Crippen molar-refractivity contribution in [3.8, 4) is 0 Å². The number of nitrogens with zero attached hydrogens (tertiary/aromatic N) is 3. The minimum absolute atomic E-state index is 0.427. The molecule has 0 bridgehead atoms. The number of nitrogens with one attached hydrogen (secondary N) is 1. The highest BCUT2D eigenvalue weighted by Gasteiger charge is 2.20. The van der Waals surface area contributed by atoms with Gasteiger partial charge in [-0.15, -0.1) is 11.6 Å². The van der Waals surface area contributed by atoms with Crippen LogP contribution in [0.1, 0.15) is 31.0 Å². The van der Waals surface area contributed by atoms with Crippen LogP contribution in [-0.2, 0) is 17.2 Å². The van der Waals surface area contributed by atoms with Crippen LogP contribution in [0.2, 0.25) is 0 Å². The van der Waals surface area contributed by atoms with Gasteiger partial charge in [0.15, 0.2) is 5.65 Å². The molecule has 6 heteroatoms. The molecular formula is C15H21ClN4O. The third-order valence-corrected chi connectivity index (χ3v) is 4.36. The highest BCUT2D eigenvalue weighted by atomic mass is 35.5. The summed E-state index contributed by atoms with van der Waals surface area (Å²) in [6, 6.07) is 0.427. The lowest BCUT2D eigenvalue weighted by atomic mass is 10.1. The first-order valence-electron chi connectivity index (χ1n) is 7.49. The highest BCUT2D eigenvalue weighted by Crippen LogP contribution is 2.31. The van der Waals surface area contributed by atoms with E-state index in [1.54, 1.807) is 0 Å². The lowest BCUT2D eigenvalue weighted by Gasteiger charge is -2.26. The second-order valence-corrected chi connectivity index (χ2v) is 5.68. The molecule has 1 saturated heterocycles. The quantitative estimate of drug-likeness (QED) is 0.882. The summed E-state index contributed by atoms with van der Waals surface area (Å²) in [7, 11) is 0. The number of aryl methyl sites for hydroxylation is 2. The summed E-state index contributed by atoms with van der Waals surface area (Å²) >= 11 is 6.16. The maximum Gasteiger partial charge on any atom is 0.160 e. The first-order valence-corrected chi connectivity index (χ1v) is 8.03. The average Bonchev–Trinajstić information content (AvgIpc) is 2.91. The van der Waals surface area contributed by atoms with E-state index in [2.05, 4.69) is 22.3 Å². The molecule has 1 fully saturated rings. The molecule has 1 N–H and O–H groups in total. The average molecular weight is 309 g/mol. The van der Waals surface area contributed by atoms with Gasteiger partial charge in [0.05, 0.1) is 23.2 Å². The van der Waals surface area contributed by atoms with E-state index in [0.717, 1.165) is 60.6 Å². The van der Waals surface area contributed by atoms with Gasteiger partial charge in [-0.05, 0) is 26.7 Å². The van der Waals surface area contributed by atoms with Gasteiger partial charge in [0, 0.05) is 37.1 Å². The van der Waals surface area contributed by atoms with Crippen LogP contribution in [-0.4, -0.2) is 34.0 Å². The van der Waals surface area contributed by atoms with Gasteiger partial charge in [-0.2, -0.15) is 5.10 Å². The Morgan fingerprint density at radius 2 is 2.19 bits per heavy atom. The molecule has 114 valence electrons. The summed E-state index contributed by atoms with van der Waals surface area (Å²) in [5.74, 6) is 0.456. The lowest BCUT2D eigenvalue weighted by molar-refractivity contribution is 0.0904. The Kier molecular flexibility index (Phi) is 4.31. The van der Waals surface area contributed by atoms with Crippen LogP contribution < -0.4 is 5.32 Å². The standard InChI is InChI=1S/C15H21ClN4O/c1-3-20-15-13(9-17-20)14(12(8-16)10(2)18-15)19-11-4-6-21-7-5-11/h9,11H,3-8H2,1-2H3,(H,18,19). The van der Waals surface area contributed by atoms with Crippen molar-refractivity contribution < 1.29 is 4.74 Å². The fourth-order valence-electron chi connectivity index (χ4n) is 2.85. The SMILES string of the molecule is CCn1ncc2c(NC3CCOCC3)c(CCl)c(C)nc21. The van der Waals surface area contributed by atoms with Crippen LogP contribution in [0.4, 0.5) is 5.69 Å². The molecule has 3 heterocycles. The van der Waals surface area contributed by atoms with E-state index in [0.29, 0.717) is 11.9 Å². The maximum atomic E-state index is 6.16. The van der Waals surface area contributed by atoms with Crippen LogP contribution in [0.25, 0.3) is 11.0 Å². The summed E-state index contributed by atoms with van der Waals surface area (Å²) in [5, 5.41) is 9.15. The summed E-state index contributed by atoms with van der Waals surface area (Å²) in [5.41, 5.74) is 4.08. The van der Waals surface area contributed by atoms with Crippen molar-refractivity contribution in [3.63, 3.8) is 0 Å². The number of halogens is 1. The molecule has 1 aliphatic heterocycles. The number of hydrogen-bond acceptors (Lipinski definition) is 4. The molecule has 2 aromatic rings. The molecule has 0 amide bonds. The zero-order chi connectivity index (χ0) is 14.8. The van der Waals surface area contributed by atoms with Gasteiger partial charge in [0.2, 0.25) is 0 Å². The Hall–Kier alpha value is -1.33. The lowest BCUT2D eigenvalue weighted by Crippen LogP contribution is -2.28. The van der Waals surface area contributed by atoms with Crippen LogP contribution >= 0.6 is 11.6 Å². The molecule has 0 spiro atoms. The fourth-order valence-corrected chi connectivity index (χ4v) is 3.18. The Labute approximate surface area is 129 Å². The first kappa shape index (κ1) is 14.6. The summed E-state index contributed by atoms with van der Waals surface area (Å²) in [6.45, 7) is 6.53. The van der Waals surface area contributed by atoms with Crippen molar-refractivity contribution in [1.82, 2.24) is 14.8 Å². The number of rotatable bonds is 4. The second kappa shape index (κ2) is 6.20. The number of anilines is 1. The number of hydrogen-bond donors (Lipinski definition) is 1. The van der Waals surface area contributed by atoms with Crippen LogP contribution in [0.15, 0.2) is 6.20 Å². The maximum absolute atomic E-state index is 6.16. The Morgan fingerprint density at radius 1 is 1.43 bits per heavy atom. The molecule has 1 aliphatic rings. The third kappa shape index (κ3) is 2.72. The smallest absolute Gasteiger partial charge is 0.160 e. The molecule has 0 saturated carbocycles. The van der Waals surface area contributed by atoms with E-state index in [4.69, 9.17) is 16.3 Å². The molecule has 5 nitrogen and oxygen atoms in total. The van der Waals surface area contributed by atoms with Crippen molar-refractivity contribution in [2.75, 3.05) is 18.5 Å². The predicted molar refractivity (Wildman–Crippen MR) is 85.0 cm³/mol. The zero-order valence-corrected chi connectivity index (χ0v) is 13.3. The first-order chi connectivity index (χ1) is 10.2. The fraction of sp³-hybridized carbons (Fsp3) is 0.600. The van der Waals surface area contributed by atoms with Crippen molar-refractivity contribution >= 4 is 28.3 Å². The Balaban J connectivity index is 2.06. The molecule has 0 aliphatic carbocycles. The normalized spacial score (nSPS) is 16.5. The van der Waals surface area contributed by atoms with Crippen molar-refractivity contribution in [1.29, 1.82) is 0 Å². The van der Waals surface area contributed by atoms with Gasteiger partial charge in [0.25, 0.3) is 0 Å². The minimum atomic E-state index is 0.427. The van der Waals surface area contributed by atoms with Crippen LogP contribution in [0, 0.1) is 6.92 Å². The highest BCUT2D eigenvalue weighted by molar-refractivity contribution is 6.18. The van der Waals surface area contributed by atoms with Gasteiger partial charge in [-0.3, -0.25) is 0 Å². The van der Waals surface area contributed by atoms with E-state index in [1.165, 1.54) is 0 Å². The van der Waals surface area contributed by atoms with Crippen LogP contribution in [0.3, 0.4) is 0 Å². The van der Waals surface area contributed by atoms with Crippen molar-refractivity contribution in [3.05, 3.63) is 17.5 Å². The van der Waals surface area contributed by atoms with E-state index in [9.17, 15) is 0 Å². The molecule has 0 radical (unpaired) electrons. The number of pyridine rings is 1. The third-order valence-electron chi connectivity index (χ3n) is 4.10. The molecule has 2 aromatic heterocycles. The Bertz CT molecular complexity index is 634. The largest absolute Gasteiger partial charge is 0.381 e. The van der Waals surface area contributed by atoms with Crippen molar-refractivity contribution in [2.24, 2.45) is 0 Å². The predicted octanol–water partition coefficient (Wildman–Crippen LogP) is 3.09. The number of fused-ring (bicyclic) bond motifs is 1. The van der Waals surface area contributed by atoms with E-state index in [1.807, 2.05) is 17.8 Å². The molecule has 0 unspecified atom stereocenters. The van der Waals surface area contributed by atoms with E-state index in [-0.39, 0.29) is 0 Å². The van der Waals surface area contributed by atoms with E-state index < -0.39 is 0 Å². The molecular weight excluding hydrogens is 288 g/mol. The van der Waals surface area contributed by atoms with E-state index >= 15 is 0 Å². The summed E-state index contributed by atoms with van der Waals surface area (Å²) in [6.07, 6.45) is 3.93. The van der Waals surface area contributed by atoms with Gasteiger partial charge < -0.3 is 10.1 Å². The summed E-state index contributed by atoms with van der Waals surface area (Å²) < 4.78 is 7.36. The molecule has 21 heavy (non-hydrogen) atoms. The number of ether oxygens (including phenoxy) is 1. The summed E-state index contributed by atoms with van der Waals surface area (Å²) in [4.78, 5) is 4.68. The second-order valence-electron chi connectivity index (χ2n) is 5.41. The monoisotopic (exact) mass is 308 g/mol. The van der Waals surface area contributed by atoms with Crippen molar-refractivity contribution in [2.45, 2.75) is 45.2 Å². The van der Waals surface area contributed by atoms with Gasteiger partial charge in [-0.25, -0.2) is 9.67 Å². The van der Waals surface area contributed by atoms with Gasteiger partial charge in [0.1, 0.15) is 0 Å². The molecule has 0 aromatic carbocycles. The number of alkyl halides is 1. The van der Waals surface area contributed by atoms with Gasteiger partial charge >= 0.3 is 0 Å². The Morgan fingerprint density at radius 3 is 2.86 bits per heavy atom. The molecule has 0 atom stereocenters. The van der Waals surface area contributed by atoms with Crippen LogP contribution in [0.5, 0.6) is 0 Å². The van der Waals surface area contributed by atoms with Gasteiger partial charge in [-0.1, -0.05) is 0 Å². The molecule has 3 rings (SSSR count).